The number of fused-ring (bicyclic) bond motifs is 1. The lowest BCUT2D eigenvalue weighted by molar-refractivity contribution is 0.251. The van der Waals surface area contributed by atoms with E-state index in [2.05, 4.69) is 0 Å². The molecule has 0 bridgehead atoms. The molecule has 6 nitrogen and oxygen atoms in total. The van der Waals surface area contributed by atoms with Gasteiger partial charge in [-0.1, -0.05) is 6.07 Å². The summed E-state index contributed by atoms with van der Waals surface area (Å²) in [5.74, 6) is 1.88. The molecule has 1 unspecified atom stereocenters. The predicted molar refractivity (Wildman–Crippen MR) is 87.8 cm³/mol. The summed E-state index contributed by atoms with van der Waals surface area (Å²) in [5, 5.41) is 20.2. The van der Waals surface area contributed by atoms with Gasteiger partial charge in [-0.05, 0) is 18.1 Å². The molecule has 0 aliphatic carbocycles. The normalized spacial score (nSPS) is 16.0. The highest BCUT2D eigenvalue weighted by Crippen LogP contribution is 2.49. The third-order valence-electron chi connectivity index (χ3n) is 4.23. The summed E-state index contributed by atoms with van der Waals surface area (Å²) in [5.41, 5.74) is 1.58. The van der Waals surface area contributed by atoms with E-state index in [4.69, 9.17) is 18.9 Å². The molecule has 0 spiro atoms. The van der Waals surface area contributed by atoms with Crippen LogP contribution >= 0.6 is 0 Å². The monoisotopic (exact) mass is 332 g/mol. The number of phenolic OH excluding ortho intramolecular Hbond substituents is 2. The molecule has 6 heteroatoms. The number of hydrogen-bond acceptors (Lipinski definition) is 6. The van der Waals surface area contributed by atoms with Crippen molar-refractivity contribution in [3.63, 3.8) is 0 Å². The fourth-order valence-electron chi connectivity index (χ4n) is 3.08. The lowest BCUT2D eigenvalue weighted by atomic mass is 9.88. The van der Waals surface area contributed by atoms with Crippen molar-refractivity contribution >= 4 is 0 Å². The molecule has 0 fully saturated rings. The van der Waals surface area contributed by atoms with Crippen molar-refractivity contribution in [2.24, 2.45) is 0 Å². The van der Waals surface area contributed by atoms with Crippen molar-refractivity contribution in [1.29, 1.82) is 0 Å². The van der Waals surface area contributed by atoms with Crippen molar-refractivity contribution in [3.05, 3.63) is 35.4 Å². The molecular weight excluding hydrogens is 312 g/mol. The molecule has 24 heavy (non-hydrogen) atoms. The molecule has 1 atom stereocenters. The van der Waals surface area contributed by atoms with Crippen LogP contribution < -0.4 is 18.9 Å². The lowest BCUT2D eigenvalue weighted by Crippen LogP contribution is -2.20. The minimum absolute atomic E-state index is 0.00970. The van der Waals surface area contributed by atoms with Gasteiger partial charge >= 0.3 is 0 Å². The topological polar surface area (TPSA) is 77.4 Å². The second-order valence-corrected chi connectivity index (χ2v) is 5.58. The van der Waals surface area contributed by atoms with E-state index in [0.717, 1.165) is 5.56 Å². The minimum Gasteiger partial charge on any atom is -0.508 e. The summed E-state index contributed by atoms with van der Waals surface area (Å²) in [7, 11) is 4.52. The van der Waals surface area contributed by atoms with Crippen LogP contribution in [0.3, 0.4) is 0 Å². The molecule has 1 aliphatic rings. The molecule has 0 aromatic heterocycles. The molecule has 2 aromatic carbocycles. The van der Waals surface area contributed by atoms with Crippen molar-refractivity contribution in [1.82, 2.24) is 0 Å². The van der Waals surface area contributed by atoms with Gasteiger partial charge in [0.2, 0.25) is 5.75 Å². The van der Waals surface area contributed by atoms with Crippen LogP contribution in [0.2, 0.25) is 0 Å². The van der Waals surface area contributed by atoms with Gasteiger partial charge in [0.25, 0.3) is 0 Å². The van der Waals surface area contributed by atoms with E-state index < -0.39 is 0 Å². The van der Waals surface area contributed by atoms with E-state index in [0.29, 0.717) is 35.8 Å². The molecule has 128 valence electrons. The van der Waals surface area contributed by atoms with E-state index in [1.54, 1.807) is 25.3 Å². The van der Waals surface area contributed by atoms with Crippen LogP contribution in [0.4, 0.5) is 0 Å². The Hall–Kier alpha value is -2.76. The average Bonchev–Trinajstić information content (AvgIpc) is 2.60. The summed E-state index contributed by atoms with van der Waals surface area (Å²) >= 11 is 0. The van der Waals surface area contributed by atoms with Gasteiger partial charge in [-0.3, -0.25) is 0 Å². The van der Waals surface area contributed by atoms with Crippen molar-refractivity contribution in [3.8, 4) is 34.5 Å². The standard InChI is InChI=1S/C18H20O6/c1-21-14-8-15(22-2)18(23-3)17(20)16(14)11-6-10-4-5-12(19)7-13(10)24-9-11/h4-5,7-8,11,19-20H,6,9H2,1-3H3. The Morgan fingerprint density at radius 1 is 1.00 bits per heavy atom. The van der Waals surface area contributed by atoms with Crippen LogP contribution in [0.15, 0.2) is 24.3 Å². The van der Waals surface area contributed by atoms with Crippen LogP contribution in [0.5, 0.6) is 34.5 Å². The number of ether oxygens (including phenoxy) is 4. The zero-order valence-corrected chi connectivity index (χ0v) is 13.8. The van der Waals surface area contributed by atoms with Gasteiger partial charge in [0.15, 0.2) is 11.5 Å². The van der Waals surface area contributed by atoms with E-state index >= 15 is 0 Å². The van der Waals surface area contributed by atoms with Gasteiger partial charge in [0, 0.05) is 23.6 Å². The van der Waals surface area contributed by atoms with Crippen LogP contribution in [0, 0.1) is 0 Å². The maximum Gasteiger partial charge on any atom is 0.203 e. The molecule has 0 saturated heterocycles. The van der Waals surface area contributed by atoms with Crippen molar-refractivity contribution < 1.29 is 29.2 Å². The van der Waals surface area contributed by atoms with Gasteiger partial charge < -0.3 is 29.2 Å². The second-order valence-electron chi connectivity index (χ2n) is 5.58. The second kappa shape index (κ2) is 6.39. The van der Waals surface area contributed by atoms with Crippen LogP contribution in [0.1, 0.15) is 17.0 Å². The van der Waals surface area contributed by atoms with Gasteiger partial charge in [-0.2, -0.15) is 0 Å². The lowest BCUT2D eigenvalue weighted by Gasteiger charge is -2.28. The Morgan fingerprint density at radius 3 is 2.42 bits per heavy atom. The Bertz CT molecular complexity index is 756. The number of hydrogen-bond donors (Lipinski definition) is 2. The minimum atomic E-state index is -0.114. The number of aromatic hydroxyl groups is 2. The van der Waals surface area contributed by atoms with E-state index in [1.807, 2.05) is 6.07 Å². The van der Waals surface area contributed by atoms with Crippen molar-refractivity contribution in [2.75, 3.05) is 27.9 Å². The first kappa shape index (κ1) is 16.1. The molecule has 3 rings (SSSR count). The molecule has 1 heterocycles. The number of benzene rings is 2. The molecule has 0 radical (unpaired) electrons. The first-order chi connectivity index (χ1) is 11.6. The summed E-state index contributed by atoms with van der Waals surface area (Å²) in [6.45, 7) is 0.357. The quantitative estimate of drug-likeness (QED) is 0.896. The average molecular weight is 332 g/mol. The predicted octanol–water partition coefficient (Wildman–Crippen LogP) is 2.84. The van der Waals surface area contributed by atoms with Gasteiger partial charge in [-0.25, -0.2) is 0 Å². The number of methoxy groups -OCH3 is 3. The van der Waals surface area contributed by atoms with E-state index in [1.165, 1.54) is 14.2 Å². The van der Waals surface area contributed by atoms with Gasteiger partial charge in [0.05, 0.1) is 27.9 Å². The largest absolute Gasteiger partial charge is 0.508 e. The summed E-state index contributed by atoms with van der Waals surface area (Å²) < 4.78 is 21.7. The molecule has 2 aromatic rings. The maximum absolute atomic E-state index is 10.7. The Kier molecular flexibility index (Phi) is 4.29. The Morgan fingerprint density at radius 2 is 1.75 bits per heavy atom. The summed E-state index contributed by atoms with van der Waals surface area (Å²) in [6.07, 6.45) is 0.648. The first-order valence-corrected chi connectivity index (χ1v) is 7.55. The van der Waals surface area contributed by atoms with Crippen molar-refractivity contribution in [2.45, 2.75) is 12.3 Å². The zero-order valence-electron chi connectivity index (χ0n) is 13.8. The molecule has 2 N–H and O–H groups in total. The molecule has 0 saturated carbocycles. The van der Waals surface area contributed by atoms with Crippen LogP contribution in [-0.4, -0.2) is 38.1 Å². The zero-order chi connectivity index (χ0) is 17.3. The Labute approximate surface area is 140 Å². The summed E-state index contributed by atoms with van der Waals surface area (Å²) in [6, 6.07) is 6.73. The molecular formula is C18H20O6. The van der Waals surface area contributed by atoms with Gasteiger partial charge in [0.1, 0.15) is 17.2 Å². The summed E-state index contributed by atoms with van der Waals surface area (Å²) in [4.78, 5) is 0. The molecule has 1 aliphatic heterocycles. The third-order valence-corrected chi connectivity index (χ3v) is 4.23. The SMILES string of the molecule is COc1cc(OC)c(C2COc3cc(O)ccc3C2)c(O)c1OC. The van der Waals surface area contributed by atoms with E-state index in [9.17, 15) is 10.2 Å². The third kappa shape index (κ3) is 2.64. The van der Waals surface area contributed by atoms with Gasteiger partial charge in [-0.15, -0.1) is 0 Å². The fourth-order valence-corrected chi connectivity index (χ4v) is 3.08. The number of phenols is 2. The first-order valence-electron chi connectivity index (χ1n) is 7.55. The smallest absolute Gasteiger partial charge is 0.203 e. The maximum atomic E-state index is 10.7. The fraction of sp³-hybridized carbons (Fsp3) is 0.333. The highest BCUT2D eigenvalue weighted by molar-refractivity contribution is 5.62. The highest BCUT2D eigenvalue weighted by Gasteiger charge is 2.30. The number of rotatable bonds is 4. The Balaban J connectivity index is 2.05. The van der Waals surface area contributed by atoms with Crippen LogP contribution in [0.25, 0.3) is 0 Å². The van der Waals surface area contributed by atoms with Crippen LogP contribution in [-0.2, 0) is 6.42 Å². The molecule has 0 amide bonds. The highest BCUT2D eigenvalue weighted by atomic mass is 16.5. The van der Waals surface area contributed by atoms with E-state index in [-0.39, 0.29) is 23.2 Å².